The highest BCUT2D eigenvalue weighted by molar-refractivity contribution is 8.93. The summed E-state index contributed by atoms with van der Waals surface area (Å²) < 4.78 is 0. The molecule has 0 aliphatic carbocycles. The summed E-state index contributed by atoms with van der Waals surface area (Å²) in [5, 5.41) is 0.669. The smallest absolute Gasteiger partial charge is 0.158 e. The second kappa shape index (κ2) is 3.97. The predicted molar refractivity (Wildman–Crippen MR) is 43.5 cm³/mol. The number of halogens is 1. The maximum absolute atomic E-state index is 5.30. The number of nitrogens with two attached hydrogens (primary N) is 1. The number of hydrogen-bond acceptors (Lipinski definition) is 3. The van der Waals surface area contributed by atoms with Gasteiger partial charge in [0.25, 0.3) is 0 Å². The van der Waals surface area contributed by atoms with E-state index < -0.39 is 0 Å². The van der Waals surface area contributed by atoms with Gasteiger partial charge in [-0.2, -0.15) is 0 Å². The van der Waals surface area contributed by atoms with Crippen molar-refractivity contribution in [3.05, 3.63) is 12.3 Å². The van der Waals surface area contributed by atoms with Crippen molar-refractivity contribution in [2.45, 2.75) is 0 Å². The molecular weight excluding hydrogens is 188 g/mol. The number of hydrogen-bond donors (Lipinski definition) is 1. The summed E-state index contributed by atoms with van der Waals surface area (Å²) in [4.78, 5) is 3.81. The van der Waals surface area contributed by atoms with Gasteiger partial charge in [-0.1, -0.05) is 17.8 Å². The molecule has 0 atom stereocenters. The Bertz CT molecular complexity index is 121. The van der Waals surface area contributed by atoms with Gasteiger partial charge in [-0.3, -0.25) is 0 Å². The molecule has 0 spiro atoms. The van der Waals surface area contributed by atoms with Gasteiger partial charge in [0.1, 0.15) is 0 Å². The average Bonchev–Trinajstić information content (AvgIpc) is 1.69. The number of amidine groups is 1. The molecule has 0 fully saturated rings. The zero-order valence-corrected chi connectivity index (χ0v) is 6.73. The van der Waals surface area contributed by atoms with Gasteiger partial charge in [0.2, 0.25) is 0 Å². The van der Waals surface area contributed by atoms with Crippen molar-refractivity contribution in [1.29, 1.82) is 0 Å². The largest absolute Gasteiger partial charge is 0.378 e. The van der Waals surface area contributed by atoms with Crippen LogP contribution in [-0.2, 0) is 0 Å². The van der Waals surface area contributed by atoms with Crippen molar-refractivity contribution in [1.82, 2.24) is 0 Å². The zero-order valence-electron chi connectivity index (χ0n) is 4.20. The molecule has 0 saturated carbocycles. The molecule has 8 heavy (non-hydrogen) atoms. The minimum Gasteiger partial charge on any atom is -0.378 e. The Kier molecular flexibility index (Phi) is 3.99. The quantitative estimate of drug-likeness (QED) is 0.629. The van der Waals surface area contributed by atoms with Crippen LogP contribution >= 0.6 is 28.7 Å². The minimum atomic E-state index is 0. The molecule has 0 aromatic rings. The number of rotatable bonds is 0. The summed E-state index contributed by atoms with van der Waals surface area (Å²) in [5.74, 6) is 0.968. The molecule has 1 aliphatic heterocycles. The molecule has 0 bridgehead atoms. The lowest BCUT2D eigenvalue weighted by Crippen LogP contribution is -2.07. The maximum atomic E-state index is 5.30. The van der Waals surface area contributed by atoms with E-state index in [4.69, 9.17) is 5.73 Å². The van der Waals surface area contributed by atoms with Crippen LogP contribution in [0.2, 0.25) is 0 Å². The summed E-state index contributed by atoms with van der Waals surface area (Å²) in [7, 11) is 0. The van der Waals surface area contributed by atoms with Gasteiger partial charge in [-0.25, -0.2) is 4.99 Å². The van der Waals surface area contributed by atoms with Crippen LogP contribution in [0.5, 0.6) is 0 Å². The Morgan fingerprint density at radius 1 is 1.75 bits per heavy atom. The van der Waals surface area contributed by atoms with E-state index in [1.54, 1.807) is 18.0 Å². The Morgan fingerprint density at radius 3 is 2.75 bits per heavy atom. The van der Waals surface area contributed by atoms with Crippen LogP contribution in [0.15, 0.2) is 17.3 Å². The van der Waals surface area contributed by atoms with Gasteiger partial charge in [0.05, 0.1) is 0 Å². The lowest BCUT2D eigenvalue weighted by molar-refractivity contribution is 1.49. The SMILES string of the molecule is Br.NC1=NC=CCS1. The molecule has 0 saturated heterocycles. The van der Waals surface area contributed by atoms with Crippen LogP contribution in [0.25, 0.3) is 0 Å². The average molecular weight is 195 g/mol. The summed E-state index contributed by atoms with van der Waals surface area (Å²) in [5.41, 5.74) is 5.30. The van der Waals surface area contributed by atoms with Crippen LogP contribution in [0, 0.1) is 0 Å². The predicted octanol–water partition coefficient (Wildman–Crippen LogP) is 1.14. The molecule has 1 aliphatic rings. The number of aliphatic imine (C=N–C) groups is 1. The maximum Gasteiger partial charge on any atom is 0.158 e. The molecule has 1 rings (SSSR count). The van der Waals surface area contributed by atoms with E-state index in [0.29, 0.717) is 5.17 Å². The number of nitrogens with zero attached hydrogens (tertiary/aromatic N) is 1. The van der Waals surface area contributed by atoms with Crippen molar-refractivity contribution in [2.24, 2.45) is 10.7 Å². The third-order valence-electron chi connectivity index (χ3n) is 0.635. The third kappa shape index (κ3) is 2.37. The Morgan fingerprint density at radius 2 is 2.50 bits per heavy atom. The van der Waals surface area contributed by atoms with Gasteiger partial charge in [0.15, 0.2) is 5.17 Å². The standard InChI is InChI=1S/C4H6N2S.BrH/c5-4-6-2-1-3-7-4;/h1-2H,3H2,(H2,5,6);1H. The second-order valence-electron chi connectivity index (χ2n) is 1.16. The van der Waals surface area contributed by atoms with Gasteiger partial charge in [-0.05, 0) is 0 Å². The molecule has 0 amide bonds. The van der Waals surface area contributed by atoms with Gasteiger partial charge < -0.3 is 5.73 Å². The van der Waals surface area contributed by atoms with E-state index in [9.17, 15) is 0 Å². The van der Waals surface area contributed by atoms with Crippen molar-refractivity contribution in [3.63, 3.8) is 0 Å². The van der Waals surface area contributed by atoms with Gasteiger partial charge >= 0.3 is 0 Å². The molecule has 0 unspecified atom stereocenters. The minimum absolute atomic E-state index is 0. The molecule has 2 N–H and O–H groups in total. The fourth-order valence-electron chi connectivity index (χ4n) is 0.340. The lowest BCUT2D eigenvalue weighted by atomic mass is 10.7. The topological polar surface area (TPSA) is 38.4 Å². The summed E-state index contributed by atoms with van der Waals surface area (Å²) in [6.07, 6.45) is 3.70. The van der Waals surface area contributed by atoms with Crippen molar-refractivity contribution in [2.75, 3.05) is 5.75 Å². The third-order valence-corrected chi connectivity index (χ3v) is 1.39. The fourth-order valence-corrected chi connectivity index (χ4v) is 0.828. The van der Waals surface area contributed by atoms with Crippen LogP contribution in [0.1, 0.15) is 0 Å². The van der Waals surface area contributed by atoms with E-state index in [2.05, 4.69) is 4.99 Å². The lowest BCUT2D eigenvalue weighted by Gasteiger charge is -1.97. The normalized spacial score (nSPS) is 16.8. The van der Waals surface area contributed by atoms with E-state index in [-0.39, 0.29) is 17.0 Å². The first kappa shape index (κ1) is 8.04. The first-order valence-electron chi connectivity index (χ1n) is 2.00. The van der Waals surface area contributed by atoms with E-state index >= 15 is 0 Å². The highest BCUT2D eigenvalue weighted by atomic mass is 79.9. The highest BCUT2D eigenvalue weighted by Crippen LogP contribution is 2.04. The molecular formula is C4H7BrN2S. The van der Waals surface area contributed by atoms with Gasteiger partial charge in [0, 0.05) is 12.0 Å². The Hall–Kier alpha value is 0.0400. The summed E-state index contributed by atoms with van der Waals surface area (Å²) >= 11 is 1.56. The molecule has 0 radical (unpaired) electrons. The van der Waals surface area contributed by atoms with Gasteiger partial charge in [-0.15, -0.1) is 17.0 Å². The molecule has 46 valence electrons. The molecule has 0 aromatic heterocycles. The first-order chi connectivity index (χ1) is 3.39. The second-order valence-corrected chi connectivity index (χ2v) is 2.20. The molecule has 0 aromatic carbocycles. The summed E-state index contributed by atoms with van der Waals surface area (Å²) in [6.45, 7) is 0. The van der Waals surface area contributed by atoms with Crippen LogP contribution in [0.3, 0.4) is 0 Å². The Balaban J connectivity index is 0.000000490. The molecule has 4 heteroatoms. The van der Waals surface area contributed by atoms with Crippen molar-refractivity contribution >= 4 is 33.9 Å². The van der Waals surface area contributed by atoms with Crippen LogP contribution in [-0.4, -0.2) is 10.9 Å². The number of thioether (sulfide) groups is 1. The zero-order chi connectivity index (χ0) is 5.11. The highest BCUT2D eigenvalue weighted by Gasteiger charge is 1.91. The van der Waals surface area contributed by atoms with E-state index in [1.165, 1.54) is 0 Å². The first-order valence-corrected chi connectivity index (χ1v) is 2.99. The van der Waals surface area contributed by atoms with Crippen molar-refractivity contribution < 1.29 is 0 Å². The monoisotopic (exact) mass is 194 g/mol. The van der Waals surface area contributed by atoms with Crippen molar-refractivity contribution in [3.8, 4) is 0 Å². The summed E-state index contributed by atoms with van der Waals surface area (Å²) in [6, 6.07) is 0. The van der Waals surface area contributed by atoms with E-state index in [0.717, 1.165) is 5.75 Å². The fraction of sp³-hybridized carbons (Fsp3) is 0.250. The molecule has 2 nitrogen and oxygen atoms in total. The van der Waals surface area contributed by atoms with Crippen LogP contribution in [0.4, 0.5) is 0 Å². The molecule has 1 heterocycles. The van der Waals surface area contributed by atoms with Crippen LogP contribution < -0.4 is 5.73 Å². The Labute approximate surface area is 63.0 Å². The van der Waals surface area contributed by atoms with E-state index in [1.807, 2.05) is 6.08 Å².